The lowest BCUT2D eigenvalue weighted by atomic mass is 9.98. The Morgan fingerprint density at radius 2 is 1.83 bits per heavy atom. The van der Waals surface area contributed by atoms with Crippen molar-refractivity contribution in [3.63, 3.8) is 0 Å². The molecule has 7 nitrogen and oxygen atoms in total. The first kappa shape index (κ1) is 18.9. The molecule has 0 aliphatic rings. The zero-order valence-electron chi connectivity index (χ0n) is 13.7. The molecule has 0 saturated heterocycles. The maximum Gasteiger partial charge on any atom is 0.382 e. The molecule has 1 unspecified atom stereocenters. The molecule has 126 valence electrons. The Bertz CT molecular complexity index is 674. The van der Waals surface area contributed by atoms with Gasteiger partial charge in [0.1, 0.15) is 17.5 Å². The van der Waals surface area contributed by atoms with E-state index in [-0.39, 0.29) is 5.84 Å². The number of nitrogens with zero attached hydrogens (tertiary/aromatic N) is 3. The smallest absolute Gasteiger partial charge is 0.382 e. The standard InChI is InChI=1S/C15H21N3O4S/c1-5-18(6-2)15(17-23(19,20)22-4)14(11-16)12-7-9-13(21-3)10-8-12/h7-10,14H,5-6H2,1-4H3/b17-15+. The molecule has 0 aliphatic carbocycles. The number of hydrogen-bond acceptors (Lipinski definition) is 5. The Balaban J connectivity index is 3.39. The summed E-state index contributed by atoms with van der Waals surface area (Å²) in [6.45, 7) is 4.76. The van der Waals surface area contributed by atoms with Crippen molar-refractivity contribution < 1.29 is 17.3 Å². The van der Waals surface area contributed by atoms with Crippen molar-refractivity contribution in [3.8, 4) is 11.8 Å². The third-order valence-electron chi connectivity index (χ3n) is 3.34. The molecule has 1 aromatic rings. The van der Waals surface area contributed by atoms with E-state index in [1.807, 2.05) is 13.8 Å². The van der Waals surface area contributed by atoms with Crippen LogP contribution in [0.1, 0.15) is 25.3 Å². The molecular formula is C15H21N3O4S. The fourth-order valence-electron chi connectivity index (χ4n) is 2.07. The second kappa shape index (κ2) is 8.50. The molecule has 0 spiro atoms. The van der Waals surface area contributed by atoms with Gasteiger partial charge in [0.25, 0.3) is 0 Å². The molecule has 0 N–H and O–H groups in total. The van der Waals surface area contributed by atoms with Gasteiger partial charge in [-0.3, -0.25) is 4.18 Å². The highest BCUT2D eigenvalue weighted by Gasteiger charge is 2.25. The van der Waals surface area contributed by atoms with E-state index in [4.69, 9.17) is 4.74 Å². The number of amidine groups is 1. The molecule has 0 amide bonds. The number of ether oxygens (including phenoxy) is 1. The molecule has 0 fully saturated rings. The SMILES string of the molecule is CCN(CC)/C(=N/S(=O)(=O)OC)C(C#N)c1ccc(OC)cc1. The minimum absolute atomic E-state index is 0.143. The van der Waals surface area contributed by atoms with Crippen LogP contribution in [-0.4, -0.2) is 46.5 Å². The van der Waals surface area contributed by atoms with Crippen molar-refractivity contribution in [1.29, 1.82) is 5.26 Å². The quantitative estimate of drug-likeness (QED) is 0.557. The van der Waals surface area contributed by atoms with Gasteiger partial charge >= 0.3 is 10.3 Å². The van der Waals surface area contributed by atoms with Gasteiger partial charge in [-0.25, -0.2) is 0 Å². The van der Waals surface area contributed by atoms with Crippen molar-refractivity contribution in [2.75, 3.05) is 27.3 Å². The summed E-state index contributed by atoms with van der Waals surface area (Å²) in [6, 6.07) is 8.97. The normalized spacial score (nSPS) is 13.3. The average Bonchev–Trinajstić information content (AvgIpc) is 2.57. The predicted octanol–water partition coefficient (Wildman–Crippen LogP) is 1.93. The highest BCUT2D eigenvalue weighted by molar-refractivity contribution is 7.85. The van der Waals surface area contributed by atoms with Crippen molar-refractivity contribution in [2.45, 2.75) is 19.8 Å². The van der Waals surface area contributed by atoms with E-state index in [0.717, 1.165) is 7.11 Å². The van der Waals surface area contributed by atoms with Crippen LogP contribution in [0.5, 0.6) is 5.75 Å². The molecule has 0 radical (unpaired) electrons. The molecule has 0 heterocycles. The lowest BCUT2D eigenvalue weighted by molar-refractivity contribution is 0.396. The molecule has 1 atom stereocenters. The first-order chi connectivity index (χ1) is 10.9. The summed E-state index contributed by atoms with van der Waals surface area (Å²) in [4.78, 5) is 1.72. The topological polar surface area (TPSA) is 92.0 Å². The van der Waals surface area contributed by atoms with E-state index in [1.165, 1.54) is 0 Å². The summed E-state index contributed by atoms with van der Waals surface area (Å²) in [5, 5.41) is 9.56. The maximum atomic E-state index is 11.7. The summed E-state index contributed by atoms with van der Waals surface area (Å²) in [7, 11) is -1.51. The Hall–Kier alpha value is -2.11. The predicted molar refractivity (Wildman–Crippen MR) is 87.6 cm³/mol. The fraction of sp³-hybridized carbons (Fsp3) is 0.467. The van der Waals surface area contributed by atoms with Gasteiger partial charge < -0.3 is 9.64 Å². The Morgan fingerprint density at radius 1 is 1.26 bits per heavy atom. The monoisotopic (exact) mass is 339 g/mol. The van der Waals surface area contributed by atoms with E-state index >= 15 is 0 Å². The third kappa shape index (κ3) is 4.94. The fourth-order valence-corrected chi connectivity index (χ4v) is 2.59. The minimum atomic E-state index is -4.09. The van der Waals surface area contributed by atoms with E-state index in [0.29, 0.717) is 24.4 Å². The summed E-state index contributed by atoms with van der Waals surface area (Å²) < 4.78 is 36.7. The van der Waals surface area contributed by atoms with Crippen molar-refractivity contribution in [1.82, 2.24) is 4.90 Å². The number of hydrogen-bond donors (Lipinski definition) is 0. The number of rotatable bonds is 7. The molecule has 23 heavy (non-hydrogen) atoms. The van der Waals surface area contributed by atoms with Gasteiger partial charge in [0.05, 0.1) is 20.3 Å². The Labute approximate surface area is 137 Å². The molecule has 8 heteroatoms. The Kier molecular flexibility index (Phi) is 7.00. The third-order valence-corrected chi connectivity index (χ3v) is 4.17. The zero-order valence-corrected chi connectivity index (χ0v) is 14.5. The van der Waals surface area contributed by atoms with Crippen LogP contribution in [0.3, 0.4) is 0 Å². The maximum absolute atomic E-state index is 11.7. The van der Waals surface area contributed by atoms with Gasteiger partial charge in [-0.15, -0.1) is 4.40 Å². The lowest BCUT2D eigenvalue weighted by Crippen LogP contribution is -2.35. The van der Waals surface area contributed by atoms with Crippen LogP contribution >= 0.6 is 0 Å². The van der Waals surface area contributed by atoms with Crippen LogP contribution in [-0.2, 0) is 14.5 Å². The average molecular weight is 339 g/mol. The van der Waals surface area contributed by atoms with Crippen LogP contribution in [0.2, 0.25) is 0 Å². The van der Waals surface area contributed by atoms with Crippen LogP contribution in [0, 0.1) is 11.3 Å². The highest BCUT2D eigenvalue weighted by atomic mass is 32.2. The van der Waals surface area contributed by atoms with Gasteiger partial charge in [0.2, 0.25) is 0 Å². The van der Waals surface area contributed by atoms with Crippen molar-refractivity contribution >= 4 is 16.1 Å². The van der Waals surface area contributed by atoms with Crippen LogP contribution in [0.25, 0.3) is 0 Å². The first-order valence-electron chi connectivity index (χ1n) is 7.11. The summed E-state index contributed by atoms with van der Waals surface area (Å²) in [5.74, 6) is -0.0356. The van der Waals surface area contributed by atoms with E-state index in [1.54, 1.807) is 36.3 Å². The van der Waals surface area contributed by atoms with Gasteiger partial charge in [-0.1, -0.05) is 12.1 Å². The largest absolute Gasteiger partial charge is 0.497 e. The van der Waals surface area contributed by atoms with Crippen LogP contribution in [0.4, 0.5) is 0 Å². The van der Waals surface area contributed by atoms with Crippen LogP contribution in [0.15, 0.2) is 28.7 Å². The number of nitriles is 1. The minimum Gasteiger partial charge on any atom is -0.497 e. The first-order valence-corrected chi connectivity index (χ1v) is 8.47. The number of methoxy groups -OCH3 is 1. The molecule has 0 bridgehead atoms. The summed E-state index contributed by atoms with van der Waals surface area (Å²) in [6.07, 6.45) is 0. The lowest BCUT2D eigenvalue weighted by Gasteiger charge is -2.25. The van der Waals surface area contributed by atoms with Gasteiger partial charge in [-0.2, -0.15) is 13.7 Å². The van der Waals surface area contributed by atoms with Gasteiger partial charge in [-0.05, 0) is 31.5 Å². The molecule has 1 rings (SSSR count). The highest BCUT2D eigenvalue weighted by Crippen LogP contribution is 2.23. The number of likely N-dealkylation sites (N-methyl/N-ethyl adjacent to an activating group) is 1. The molecule has 0 aliphatic heterocycles. The molecule has 0 aromatic heterocycles. The Morgan fingerprint density at radius 3 is 2.22 bits per heavy atom. The molecular weight excluding hydrogens is 318 g/mol. The second-order valence-corrected chi connectivity index (χ2v) is 5.92. The van der Waals surface area contributed by atoms with Crippen molar-refractivity contribution in [2.24, 2.45) is 4.40 Å². The van der Waals surface area contributed by atoms with Crippen LogP contribution < -0.4 is 4.74 Å². The molecule has 0 saturated carbocycles. The van der Waals surface area contributed by atoms with Gasteiger partial charge in [0.15, 0.2) is 0 Å². The van der Waals surface area contributed by atoms with E-state index < -0.39 is 16.2 Å². The molecule has 1 aromatic carbocycles. The van der Waals surface area contributed by atoms with E-state index in [9.17, 15) is 13.7 Å². The summed E-state index contributed by atoms with van der Waals surface area (Å²) in [5.41, 5.74) is 0.630. The van der Waals surface area contributed by atoms with E-state index in [2.05, 4.69) is 14.7 Å². The second-order valence-electron chi connectivity index (χ2n) is 4.55. The summed E-state index contributed by atoms with van der Waals surface area (Å²) >= 11 is 0. The zero-order chi connectivity index (χ0) is 17.5. The number of benzene rings is 1. The van der Waals surface area contributed by atoms with Gasteiger partial charge in [0, 0.05) is 13.1 Å². The van der Waals surface area contributed by atoms with Crippen molar-refractivity contribution in [3.05, 3.63) is 29.8 Å².